The highest BCUT2D eigenvalue weighted by Crippen LogP contribution is 2.60. The molecule has 2 rings (SSSR count). The van der Waals surface area contributed by atoms with Crippen molar-refractivity contribution in [2.24, 2.45) is 0 Å². The van der Waals surface area contributed by atoms with Gasteiger partial charge in [0.2, 0.25) is 0 Å². The Labute approximate surface area is 441 Å². The van der Waals surface area contributed by atoms with Crippen LogP contribution in [0.4, 0.5) is 5.82 Å². The second-order valence-electron chi connectivity index (χ2n) is 16.7. The Morgan fingerprint density at radius 1 is 0.707 bits per heavy atom. The summed E-state index contributed by atoms with van der Waals surface area (Å²) in [5.74, 6) is -1.63. The molecule has 1 aliphatic rings. The average molecular weight is 1090 g/mol. The summed E-state index contributed by atoms with van der Waals surface area (Å²) in [6, 6.07) is 1.23. The molecule has 0 amide bonds. The van der Waals surface area contributed by atoms with Crippen LogP contribution in [-0.2, 0) is 46.3 Å². The van der Waals surface area contributed by atoms with E-state index in [0.717, 1.165) is 68.6 Å². The van der Waals surface area contributed by atoms with Crippen LogP contribution in [0.1, 0.15) is 116 Å². The van der Waals surface area contributed by atoms with E-state index in [1.165, 1.54) is 6.07 Å². The standard InChI is InChI=1S/C54H79N3O16P2/c1-3-5-7-9-11-13-15-17-18-19-20-21-22-24-26-28-30-32-34-38-50(60)71-46(42-68-49(59)39-35-37-45(58)36-33-31-29-27-25-23-16-14-12-10-8-6-4-2)43-69-74(64,65)73-75(66,67)70-44-47-51(61)52(62)53(72-47)57-41-40-48(55)56-54(57)63/h5-8,11-14,17-18,20-21,23-26,29-33,36,40-41,45-47,51-53,58,61-62H,3-4,9-10,15-16,19,22,27-28,34-35,37-39,42-44H2,1-2H3,(H,64,65)(H,66,67)(H2,55,56,63)/b7-5-,8-6-,13-11-,14-12-,18-17-,21-20-,25-23-,26-24-,31-29-,32-30-,36-33+/t45?,46-,47-,51-,52-,53-/m1/s1. The molecule has 7 N–H and O–H groups in total. The SMILES string of the molecule is CC/C=C\C/C=C\C/C=C\C/C=C\C=C\C(O)CCCC(=O)OC[C@H](COP(=O)(O)OP(=O)(O)OC[C@H]1O[C@@H](n2ccc(N)nc2=O)[C@H](O)[C@@H]1O)OC(=O)CC/C=C\C/C=C\C/C=C\C/C=C\C/C=C\C/C=C\CC. The van der Waals surface area contributed by atoms with Gasteiger partial charge in [0.1, 0.15) is 30.7 Å². The van der Waals surface area contributed by atoms with Crippen LogP contribution in [0.2, 0.25) is 0 Å². The number of hydrogen-bond donors (Lipinski definition) is 6. The van der Waals surface area contributed by atoms with Crippen LogP contribution in [0.25, 0.3) is 0 Å². The Morgan fingerprint density at radius 2 is 1.21 bits per heavy atom. The smallest absolute Gasteiger partial charge is 0.462 e. The zero-order valence-corrected chi connectivity index (χ0v) is 44.9. The molecule has 0 saturated carbocycles. The number of nitrogen functional groups attached to an aromatic ring is 1. The Morgan fingerprint density at radius 3 is 1.75 bits per heavy atom. The Balaban J connectivity index is 1.90. The number of carbonyl (C=O) groups excluding carboxylic acids is 2. The highest BCUT2D eigenvalue weighted by molar-refractivity contribution is 7.61. The molecule has 3 unspecified atom stereocenters. The molecule has 2 heterocycles. The molecule has 1 aromatic rings. The fourth-order valence-corrected chi connectivity index (χ4v) is 8.59. The summed E-state index contributed by atoms with van der Waals surface area (Å²) in [5.41, 5.74) is 4.56. The minimum absolute atomic E-state index is 0.119. The number of anilines is 1. The quantitative estimate of drug-likeness (QED) is 0.0155. The molecule has 0 radical (unpaired) electrons. The number of aromatic nitrogens is 2. The van der Waals surface area contributed by atoms with Gasteiger partial charge in [0, 0.05) is 19.0 Å². The lowest BCUT2D eigenvalue weighted by Crippen LogP contribution is -2.36. The fourth-order valence-electron chi connectivity index (χ4n) is 6.48. The van der Waals surface area contributed by atoms with Gasteiger partial charge in [-0.15, -0.1) is 0 Å². The van der Waals surface area contributed by atoms with E-state index in [4.69, 9.17) is 29.0 Å². The van der Waals surface area contributed by atoms with Crippen molar-refractivity contribution in [2.75, 3.05) is 25.6 Å². The zero-order valence-electron chi connectivity index (χ0n) is 43.1. The monoisotopic (exact) mass is 1090 g/mol. The highest BCUT2D eigenvalue weighted by Gasteiger charge is 2.46. The summed E-state index contributed by atoms with van der Waals surface area (Å²) < 4.78 is 56.5. The number of rotatable bonds is 39. The molecule has 1 aromatic heterocycles. The van der Waals surface area contributed by atoms with Gasteiger partial charge in [-0.05, 0) is 89.5 Å². The van der Waals surface area contributed by atoms with E-state index in [2.05, 4.69) is 102 Å². The first-order valence-corrected chi connectivity index (χ1v) is 28.3. The van der Waals surface area contributed by atoms with Crippen LogP contribution < -0.4 is 11.4 Å². The van der Waals surface area contributed by atoms with Crippen LogP contribution >= 0.6 is 15.6 Å². The van der Waals surface area contributed by atoms with E-state index in [-0.39, 0.29) is 37.9 Å². The van der Waals surface area contributed by atoms with Crippen molar-refractivity contribution in [1.82, 2.24) is 9.55 Å². The number of hydrogen-bond acceptors (Lipinski definition) is 16. The molecule has 8 atom stereocenters. The van der Waals surface area contributed by atoms with E-state index in [1.807, 2.05) is 36.5 Å². The van der Waals surface area contributed by atoms with Crippen LogP contribution in [0.15, 0.2) is 151 Å². The van der Waals surface area contributed by atoms with Crippen molar-refractivity contribution >= 4 is 33.4 Å². The summed E-state index contributed by atoms with van der Waals surface area (Å²) in [6.07, 6.45) is 45.8. The molecule has 1 aliphatic heterocycles. The number of allylic oxidation sites excluding steroid dienone is 21. The molecule has 0 aliphatic carbocycles. The molecule has 75 heavy (non-hydrogen) atoms. The minimum Gasteiger partial charge on any atom is -0.462 e. The molecule has 0 spiro atoms. The highest BCUT2D eigenvalue weighted by atomic mass is 31.3. The van der Waals surface area contributed by atoms with Gasteiger partial charge in [-0.25, -0.2) is 13.9 Å². The lowest BCUT2D eigenvalue weighted by atomic mass is 10.1. The number of phosphoric acid groups is 2. The topological polar surface area (TPSA) is 286 Å². The first kappa shape index (κ1) is 66.0. The van der Waals surface area contributed by atoms with E-state index < -0.39 is 89.8 Å². The number of esters is 2. The van der Waals surface area contributed by atoms with Gasteiger partial charge in [0.15, 0.2) is 12.3 Å². The van der Waals surface area contributed by atoms with E-state index >= 15 is 0 Å². The largest absolute Gasteiger partial charge is 0.481 e. The van der Waals surface area contributed by atoms with Gasteiger partial charge in [0.25, 0.3) is 0 Å². The number of carbonyl (C=O) groups is 2. The maximum Gasteiger partial charge on any atom is 0.481 e. The molecular formula is C54H79N3O16P2. The fraction of sp³-hybridized carbons (Fsp3) is 0.481. The second-order valence-corrected chi connectivity index (χ2v) is 19.8. The van der Waals surface area contributed by atoms with Gasteiger partial charge < -0.3 is 45.1 Å². The third-order valence-electron chi connectivity index (χ3n) is 10.3. The number of phosphoric ester groups is 2. The van der Waals surface area contributed by atoms with Gasteiger partial charge in [-0.3, -0.25) is 23.2 Å². The predicted octanol–water partition coefficient (Wildman–Crippen LogP) is 9.52. The lowest BCUT2D eigenvalue weighted by molar-refractivity contribution is -0.161. The van der Waals surface area contributed by atoms with Crippen molar-refractivity contribution in [2.45, 2.75) is 147 Å². The molecule has 1 fully saturated rings. The Hall–Kier alpha value is -5.14. The Kier molecular flexibility index (Phi) is 35.3. The van der Waals surface area contributed by atoms with Crippen molar-refractivity contribution in [1.29, 1.82) is 0 Å². The first-order valence-electron chi connectivity index (χ1n) is 25.3. The number of nitrogens with two attached hydrogens (primary N) is 1. The van der Waals surface area contributed by atoms with Crippen molar-refractivity contribution in [3.8, 4) is 0 Å². The van der Waals surface area contributed by atoms with Gasteiger partial charge in [-0.2, -0.15) is 9.29 Å². The van der Waals surface area contributed by atoms with Gasteiger partial charge in [-0.1, -0.05) is 148 Å². The van der Waals surface area contributed by atoms with Crippen molar-refractivity contribution in [3.05, 3.63) is 156 Å². The zero-order chi connectivity index (χ0) is 55.0. The Bertz CT molecular complexity index is 2300. The van der Waals surface area contributed by atoms with E-state index in [0.29, 0.717) is 6.42 Å². The van der Waals surface area contributed by atoms with Crippen LogP contribution in [0.5, 0.6) is 0 Å². The first-order chi connectivity index (χ1) is 36.1. The predicted molar refractivity (Wildman–Crippen MR) is 289 cm³/mol. The van der Waals surface area contributed by atoms with Crippen molar-refractivity contribution in [3.63, 3.8) is 0 Å². The van der Waals surface area contributed by atoms with E-state index in [1.54, 1.807) is 18.2 Å². The van der Waals surface area contributed by atoms with Crippen LogP contribution in [0.3, 0.4) is 0 Å². The van der Waals surface area contributed by atoms with E-state index in [9.17, 15) is 48.6 Å². The molecular weight excluding hydrogens is 1010 g/mol. The van der Waals surface area contributed by atoms with Gasteiger partial charge in [0.05, 0.1) is 19.3 Å². The summed E-state index contributed by atoms with van der Waals surface area (Å²) in [6.45, 7) is 1.64. The number of aliphatic hydroxyl groups is 3. The minimum atomic E-state index is -5.49. The summed E-state index contributed by atoms with van der Waals surface area (Å²) in [4.78, 5) is 61.9. The van der Waals surface area contributed by atoms with Crippen LogP contribution in [0, 0.1) is 0 Å². The maximum absolute atomic E-state index is 12.9. The second kappa shape index (κ2) is 40.2. The van der Waals surface area contributed by atoms with Crippen molar-refractivity contribution < 1.29 is 71.4 Å². The summed E-state index contributed by atoms with van der Waals surface area (Å²) >= 11 is 0. The maximum atomic E-state index is 12.9. The molecule has 1 saturated heterocycles. The average Bonchev–Trinajstić information content (AvgIpc) is 3.64. The number of aliphatic hydroxyl groups excluding tert-OH is 3. The third kappa shape index (κ3) is 32.8. The van der Waals surface area contributed by atoms with Gasteiger partial charge >= 0.3 is 33.3 Å². The van der Waals surface area contributed by atoms with Crippen LogP contribution in [-0.4, -0.2) is 96.9 Å². The third-order valence-corrected chi connectivity index (χ3v) is 12.9. The lowest BCUT2D eigenvalue weighted by Gasteiger charge is -2.21. The molecule has 416 valence electrons. The summed E-state index contributed by atoms with van der Waals surface area (Å²) in [5, 5.41) is 31.3. The number of ether oxygens (including phenoxy) is 3. The molecule has 0 bridgehead atoms. The normalized spacial score (nSPS) is 20.3. The molecule has 21 heteroatoms. The summed E-state index contributed by atoms with van der Waals surface area (Å²) in [7, 11) is -11.0. The number of nitrogens with zero attached hydrogens (tertiary/aromatic N) is 2. The molecule has 0 aromatic carbocycles. The molecule has 19 nitrogen and oxygen atoms in total.